The average molecular weight is 353 g/mol. The molecule has 2 aromatic rings. The maximum absolute atomic E-state index is 13.6. The number of carbonyl (C=O) groups excluding carboxylic acids is 1. The Morgan fingerprint density at radius 3 is 2.29 bits per heavy atom. The highest BCUT2D eigenvalue weighted by atomic mass is 32.2. The Labute approximate surface area is 143 Å². The van der Waals surface area contributed by atoms with E-state index in [4.69, 9.17) is 9.47 Å². The van der Waals surface area contributed by atoms with Gasteiger partial charge >= 0.3 is 0 Å². The van der Waals surface area contributed by atoms with Crippen LogP contribution < -0.4 is 14.8 Å². The number of hydrogen-bond donors (Lipinski definition) is 1. The number of benzene rings is 2. The van der Waals surface area contributed by atoms with Gasteiger partial charge in [0.25, 0.3) is 0 Å². The number of rotatable bonds is 6. The number of thioether (sulfide) groups is 1. The van der Waals surface area contributed by atoms with Crippen LogP contribution in [-0.2, 0) is 4.79 Å². The van der Waals surface area contributed by atoms with Gasteiger partial charge < -0.3 is 14.8 Å². The van der Waals surface area contributed by atoms with Gasteiger partial charge in [-0.15, -0.1) is 11.8 Å². The summed E-state index contributed by atoms with van der Waals surface area (Å²) in [5.41, 5.74) is -0.442. The molecular formula is C17H17F2NO3S. The van der Waals surface area contributed by atoms with Gasteiger partial charge in [-0.2, -0.15) is 0 Å². The third-order valence-electron chi connectivity index (χ3n) is 3.25. The summed E-state index contributed by atoms with van der Waals surface area (Å²) < 4.78 is 37.5. The van der Waals surface area contributed by atoms with Crippen LogP contribution in [0, 0.1) is 11.6 Å². The maximum atomic E-state index is 13.6. The Morgan fingerprint density at radius 2 is 1.71 bits per heavy atom. The van der Waals surface area contributed by atoms with Gasteiger partial charge in [0, 0.05) is 4.90 Å². The number of anilines is 1. The predicted molar refractivity (Wildman–Crippen MR) is 89.9 cm³/mol. The van der Waals surface area contributed by atoms with Crippen LogP contribution in [0.1, 0.15) is 6.92 Å². The standard InChI is InChI=1S/C17H17F2NO3S/c1-10(17(21)20-16-12(18)5-4-6-13(16)19)24-11-7-8-14(22-2)15(9-11)23-3/h4-10H,1-3H3,(H,20,21)/t10-/m1/s1. The first-order chi connectivity index (χ1) is 11.5. The van der Waals surface area contributed by atoms with E-state index in [0.717, 1.165) is 17.0 Å². The molecule has 0 spiro atoms. The Hall–Kier alpha value is -2.28. The minimum absolute atomic E-state index is 0.442. The molecule has 1 atom stereocenters. The molecule has 0 unspecified atom stereocenters. The van der Waals surface area contributed by atoms with E-state index >= 15 is 0 Å². The number of ether oxygens (including phenoxy) is 2. The molecule has 7 heteroatoms. The van der Waals surface area contributed by atoms with Gasteiger partial charge in [0.05, 0.1) is 19.5 Å². The minimum atomic E-state index is -0.813. The lowest BCUT2D eigenvalue weighted by atomic mass is 10.3. The highest BCUT2D eigenvalue weighted by Gasteiger charge is 2.19. The van der Waals surface area contributed by atoms with Crippen LogP contribution in [0.2, 0.25) is 0 Å². The van der Waals surface area contributed by atoms with E-state index in [2.05, 4.69) is 5.32 Å². The third-order valence-corrected chi connectivity index (χ3v) is 4.34. The monoisotopic (exact) mass is 353 g/mol. The van der Waals surface area contributed by atoms with E-state index in [9.17, 15) is 13.6 Å². The van der Waals surface area contributed by atoms with Gasteiger partial charge in [-0.05, 0) is 37.3 Å². The number of hydrogen-bond acceptors (Lipinski definition) is 4. The Morgan fingerprint density at radius 1 is 1.08 bits per heavy atom. The highest BCUT2D eigenvalue weighted by molar-refractivity contribution is 8.00. The lowest BCUT2D eigenvalue weighted by molar-refractivity contribution is -0.115. The van der Waals surface area contributed by atoms with Gasteiger partial charge in [-0.3, -0.25) is 4.79 Å². The van der Waals surface area contributed by atoms with Crippen molar-refractivity contribution in [1.29, 1.82) is 0 Å². The van der Waals surface area contributed by atoms with Gasteiger partial charge in [0.15, 0.2) is 11.5 Å². The summed E-state index contributed by atoms with van der Waals surface area (Å²) in [6.07, 6.45) is 0. The number of carbonyl (C=O) groups is 1. The van der Waals surface area contributed by atoms with Crippen LogP contribution in [0.4, 0.5) is 14.5 Å². The van der Waals surface area contributed by atoms with Crippen molar-refractivity contribution >= 4 is 23.4 Å². The summed E-state index contributed by atoms with van der Waals surface area (Å²) in [7, 11) is 3.05. The maximum Gasteiger partial charge on any atom is 0.237 e. The van der Waals surface area contributed by atoms with Crippen LogP contribution in [0.3, 0.4) is 0 Å². The molecule has 0 saturated heterocycles. The van der Waals surface area contributed by atoms with E-state index in [1.807, 2.05) is 0 Å². The quantitative estimate of drug-likeness (QED) is 0.794. The number of halogens is 2. The molecule has 1 N–H and O–H groups in total. The van der Waals surface area contributed by atoms with E-state index in [1.165, 1.54) is 32.0 Å². The smallest absolute Gasteiger partial charge is 0.237 e. The van der Waals surface area contributed by atoms with Crippen molar-refractivity contribution in [2.75, 3.05) is 19.5 Å². The first-order valence-electron chi connectivity index (χ1n) is 7.09. The molecule has 0 aromatic heterocycles. The molecule has 0 fully saturated rings. The Kier molecular flexibility index (Phi) is 6.03. The number of methoxy groups -OCH3 is 2. The van der Waals surface area contributed by atoms with Gasteiger partial charge in [-0.1, -0.05) is 6.07 Å². The van der Waals surface area contributed by atoms with Crippen LogP contribution in [0.25, 0.3) is 0 Å². The van der Waals surface area contributed by atoms with Crippen molar-refractivity contribution in [3.63, 3.8) is 0 Å². The topological polar surface area (TPSA) is 47.6 Å². The normalized spacial score (nSPS) is 11.7. The van der Waals surface area contributed by atoms with Crippen molar-refractivity contribution in [3.8, 4) is 11.5 Å². The molecule has 0 radical (unpaired) electrons. The minimum Gasteiger partial charge on any atom is -0.493 e. The van der Waals surface area contributed by atoms with E-state index in [-0.39, 0.29) is 0 Å². The summed E-state index contributed by atoms with van der Waals surface area (Å²) in [4.78, 5) is 12.9. The van der Waals surface area contributed by atoms with E-state index in [0.29, 0.717) is 11.5 Å². The molecule has 24 heavy (non-hydrogen) atoms. The molecule has 4 nitrogen and oxygen atoms in total. The average Bonchev–Trinajstić information content (AvgIpc) is 2.57. The number of amides is 1. The van der Waals surface area contributed by atoms with Crippen molar-refractivity contribution in [2.45, 2.75) is 17.1 Å². The highest BCUT2D eigenvalue weighted by Crippen LogP contribution is 2.34. The second-order valence-corrected chi connectivity index (χ2v) is 6.28. The van der Waals surface area contributed by atoms with Crippen molar-refractivity contribution in [2.24, 2.45) is 0 Å². The zero-order valence-electron chi connectivity index (χ0n) is 13.4. The van der Waals surface area contributed by atoms with E-state index in [1.54, 1.807) is 25.1 Å². The lowest BCUT2D eigenvalue weighted by Gasteiger charge is -2.14. The van der Waals surface area contributed by atoms with E-state index < -0.39 is 28.5 Å². The second-order valence-electron chi connectivity index (χ2n) is 4.86. The van der Waals surface area contributed by atoms with Crippen LogP contribution in [0.15, 0.2) is 41.3 Å². The summed E-state index contributed by atoms with van der Waals surface area (Å²) >= 11 is 1.24. The largest absolute Gasteiger partial charge is 0.493 e. The van der Waals surface area contributed by atoms with Crippen LogP contribution in [0.5, 0.6) is 11.5 Å². The molecule has 0 aliphatic heterocycles. The second kappa shape index (κ2) is 8.01. The van der Waals surface area contributed by atoms with Crippen LogP contribution in [-0.4, -0.2) is 25.4 Å². The summed E-state index contributed by atoms with van der Waals surface area (Å²) in [6, 6.07) is 8.65. The fraction of sp³-hybridized carbons (Fsp3) is 0.235. The number of para-hydroxylation sites is 1. The molecule has 0 aliphatic carbocycles. The fourth-order valence-corrected chi connectivity index (χ4v) is 2.89. The molecule has 0 saturated carbocycles. The van der Waals surface area contributed by atoms with Gasteiger partial charge in [-0.25, -0.2) is 8.78 Å². The fourth-order valence-electron chi connectivity index (χ4n) is 1.99. The molecule has 1 amide bonds. The molecule has 2 rings (SSSR count). The molecule has 0 heterocycles. The zero-order chi connectivity index (χ0) is 17.7. The first kappa shape index (κ1) is 18.1. The molecular weight excluding hydrogens is 336 g/mol. The van der Waals surface area contributed by atoms with Gasteiger partial charge in [0.1, 0.15) is 17.3 Å². The SMILES string of the molecule is COc1ccc(S[C@H](C)C(=O)Nc2c(F)cccc2F)cc1OC. The predicted octanol–water partition coefficient (Wildman–Crippen LogP) is 4.10. The number of nitrogens with one attached hydrogen (secondary N) is 1. The Bertz CT molecular complexity index is 720. The summed E-state index contributed by atoms with van der Waals surface area (Å²) in [5, 5.41) is 1.72. The first-order valence-corrected chi connectivity index (χ1v) is 7.97. The third kappa shape index (κ3) is 4.17. The molecule has 0 aliphatic rings. The van der Waals surface area contributed by atoms with Crippen molar-refractivity contribution in [1.82, 2.24) is 0 Å². The van der Waals surface area contributed by atoms with Crippen LogP contribution >= 0.6 is 11.8 Å². The zero-order valence-corrected chi connectivity index (χ0v) is 14.2. The van der Waals surface area contributed by atoms with Crippen molar-refractivity contribution in [3.05, 3.63) is 48.0 Å². The van der Waals surface area contributed by atoms with Gasteiger partial charge in [0.2, 0.25) is 5.91 Å². The molecule has 128 valence electrons. The molecule has 2 aromatic carbocycles. The molecule has 0 bridgehead atoms. The van der Waals surface area contributed by atoms with Crippen molar-refractivity contribution < 1.29 is 23.0 Å². The lowest BCUT2D eigenvalue weighted by Crippen LogP contribution is -2.23. The summed E-state index contributed by atoms with van der Waals surface area (Å²) in [5.74, 6) is -1.01. The summed E-state index contributed by atoms with van der Waals surface area (Å²) in [6.45, 7) is 1.65. The Balaban J connectivity index is 2.09.